The van der Waals surface area contributed by atoms with Crippen LogP contribution in [0.4, 0.5) is 14.9 Å². The molecule has 110 valence electrons. The monoisotopic (exact) mass is 345 g/mol. The van der Waals surface area contributed by atoms with Gasteiger partial charge in [-0.05, 0) is 18.2 Å². The minimum Gasteiger partial charge on any atom is -0.359 e. The molecule has 0 saturated heterocycles. The first-order valence-corrected chi connectivity index (χ1v) is 6.82. The molecule has 0 spiro atoms. The van der Waals surface area contributed by atoms with Crippen LogP contribution in [-0.2, 0) is 4.79 Å². The summed E-state index contributed by atoms with van der Waals surface area (Å²) in [5, 5.41) is 5.09. The molecule has 1 rings (SSSR count). The SMILES string of the molecule is CNC(=O)C(C)CN(C)C(=O)Nc1cc(F)cc(Br)c1. The average molecular weight is 346 g/mol. The number of benzene rings is 1. The van der Waals surface area contributed by atoms with Crippen molar-refractivity contribution in [2.45, 2.75) is 6.92 Å². The van der Waals surface area contributed by atoms with E-state index in [1.54, 1.807) is 27.1 Å². The van der Waals surface area contributed by atoms with Crippen molar-refractivity contribution < 1.29 is 14.0 Å². The number of hydrogen-bond donors (Lipinski definition) is 2. The van der Waals surface area contributed by atoms with Crippen molar-refractivity contribution >= 4 is 33.6 Å². The van der Waals surface area contributed by atoms with E-state index in [1.165, 1.54) is 17.0 Å². The second-order valence-corrected chi connectivity index (χ2v) is 5.40. The first-order chi connectivity index (χ1) is 9.33. The molecule has 0 fully saturated rings. The van der Waals surface area contributed by atoms with E-state index in [0.717, 1.165) is 0 Å². The average Bonchev–Trinajstić information content (AvgIpc) is 2.36. The van der Waals surface area contributed by atoms with Gasteiger partial charge < -0.3 is 15.5 Å². The molecule has 2 N–H and O–H groups in total. The number of amides is 3. The summed E-state index contributed by atoms with van der Waals surface area (Å²) in [6.45, 7) is 1.99. The summed E-state index contributed by atoms with van der Waals surface area (Å²) in [7, 11) is 3.12. The van der Waals surface area contributed by atoms with Gasteiger partial charge in [-0.1, -0.05) is 22.9 Å². The zero-order chi connectivity index (χ0) is 15.3. The number of nitrogens with one attached hydrogen (secondary N) is 2. The van der Waals surface area contributed by atoms with Gasteiger partial charge in [0.1, 0.15) is 5.82 Å². The van der Waals surface area contributed by atoms with Crippen LogP contribution in [0.15, 0.2) is 22.7 Å². The molecule has 0 bridgehead atoms. The fourth-order valence-corrected chi connectivity index (χ4v) is 2.13. The normalized spacial score (nSPS) is 11.7. The Morgan fingerprint density at radius 2 is 2.05 bits per heavy atom. The van der Waals surface area contributed by atoms with Gasteiger partial charge in [-0.15, -0.1) is 0 Å². The summed E-state index contributed by atoms with van der Waals surface area (Å²) in [6, 6.07) is 3.71. The Hall–Kier alpha value is -1.63. The highest BCUT2D eigenvalue weighted by atomic mass is 79.9. The molecule has 5 nitrogen and oxygen atoms in total. The quantitative estimate of drug-likeness (QED) is 0.880. The lowest BCUT2D eigenvalue weighted by Crippen LogP contribution is -2.39. The number of carbonyl (C=O) groups excluding carboxylic acids is 2. The predicted octanol–water partition coefficient (Wildman–Crippen LogP) is 2.43. The third kappa shape index (κ3) is 4.80. The Labute approximate surface area is 125 Å². The van der Waals surface area contributed by atoms with Crippen molar-refractivity contribution in [3.8, 4) is 0 Å². The number of halogens is 2. The summed E-state index contributed by atoms with van der Waals surface area (Å²) >= 11 is 3.15. The summed E-state index contributed by atoms with van der Waals surface area (Å²) in [4.78, 5) is 24.7. The van der Waals surface area contributed by atoms with E-state index in [-0.39, 0.29) is 18.4 Å². The molecule has 20 heavy (non-hydrogen) atoms. The molecule has 1 aromatic carbocycles. The molecule has 0 radical (unpaired) electrons. The van der Waals surface area contributed by atoms with Crippen LogP contribution in [0.1, 0.15) is 6.92 Å². The fourth-order valence-electron chi connectivity index (χ4n) is 1.67. The van der Waals surface area contributed by atoms with Crippen molar-refractivity contribution in [2.75, 3.05) is 26.0 Å². The first-order valence-electron chi connectivity index (χ1n) is 6.03. The Morgan fingerprint density at radius 3 is 2.60 bits per heavy atom. The van der Waals surface area contributed by atoms with E-state index in [0.29, 0.717) is 10.2 Å². The molecule has 0 heterocycles. The van der Waals surface area contributed by atoms with Crippen LogP contribution in [0, 0.1) is 11.7 Å². The van der Waals surface area contributed by atoms with Crippen molar-refractivity contribution in [3.63, 3.8) is 0 Å². The molecule has 1 atom stereocenters. The highest BCUT2D eigenvalue weighted by Crippen LogP contribution is 2.19. The number of nitrogens with zero attached hydrogens (tertiary/aromatic N) is 1. The first kappa shape index (κ1) is 16.4. The second kappa shape index (κ2) is 7.23. The fraction of sp³-hybridized carbons (Fsp3) is 0.385. The van der Waals surface area contributed by atoms with E-state index in [4.69, 9.17) is 0 Å². The highest BCUT2D eigenvalue weighted by Gasteiger charge is 2.17. The maximum atomic E-state index is 13.2. The third-order valence-corrected chi connectivity index (χ3v) is 3.16. The highest BCUT2D eigenvalue weighted by molar-refractivity contribution is 9.10. The molecule has 0 saturated carbocycles. The minimum atomic E-state index is -0.448. The molecule has 1 unspecified atom stereocenters. The number of rotatable bonds is 4. The van der Waals surface area contributed by atoms with Crippen LogP contribution in [0.2, 0.25) is 0 Å². The standard InChI is InChI=1S/C13H17BrFN3O2/c1-8(12(19)16-2)7-18(3)13(20)17-11-5-9(14)4-10(15)6-11/h4-6,8H,7H2,1-3H3,(H,16,19)(H,17,20). The van der Waals surface area contributed by atoms with Crippen LogP contribution >= 0.6 is 15.9 Å². The Morgan fingerprint density at radius 1 is 1.40 bits per heavy atom. The molecular formula is C13H17BrFN3O2. The zero-order valence-corrected chi connectivity index (χ0v) is 13.1. The summed E-state index contributed by atoms with van der Waals surface area (Å²) < 4.78 is 13.7. The van der Waals surface area contributed by atoms with E-state index in [2.05, 4.69) is 26.6 Å². The smallest absolute Gasteiger partial charge is 0.321 e. The van der Waals surface area contributed by atoms with Crippen LogP contribution in [-0.4, -0.2) is 37.5 Å². The van der Waals surface area contributed by atoms with Crippen molar-refractivity contribution in [1.82, 2.24) is 10.2 Å². The van der Waals surface area contributed by atoms with Crippen molar-refractivity contribution in [1.29, 1.82) is 0 Å². The topological polar surface area (TPSA) is 61.4 Å². The lowest BCUT2D eigenvalue weighted by Gasteiger charge is -2.21. The Bertz CT molecular complexity index is 490. The minimum absolute atomic E-state index is 0.141. The van der Waals surface area contributed by atoms with Gasteiger partial charge in [0, 0.05) is 30.8 Å². The van der Waals surface area contributed by atoms with Gasteiger partial charge in [0.05, 0.1) is 5.92 Å². The number of carbonyl (C=O) groups is 2. The lowest BCUT2D eigenvalue weighted by molar-refractivity contribution is -0.124. The molecular weight excluding hydrogens is 329 g/mol. The summed E-state index contributed by atoms with van der Waals surface area (Å²) in [5.74, 6) is -0.913. The second-order valence-electron chi connectivity index (χ2n) is 4.48. The van der Waals surface area contributed by atoms with Crippen LogP contribution in [0.5, 0.6) is 0 Å². The van der Waals surface area contributed by atoms with Gasteiger partial charge in [-0.3, -0.25) is 4.79 Å². The molecule has 0 aliphatic carbocycles. The van der Waals surface area contributed by atoms with Crippen molar-refractivity contribution in [3.05, 3.63) is 28.5 Å². The number of hydrogen-bond acceptors (Lipinski definition) is 2. The molecule has 0 aromatic heterocycles. The van der Waals surface area contributed by atoms with Crippen molar-refractivity contribution in [2.24, 2.45) is 5.92 Å². The largest absolute Gasteiger partial charge is 0.359 e. The van der Waals surface area contributed by atoms with Gasteiger partial charge in [-0.25, -0.2) is 9.18 Å². The number of urea groups is 1. The van der Waals surface area contributed by atoms with Crippen LogP contribution in [0.3, 0.4) is 0 Å². The predicted molar refractivity (Wildman–Crippen MR) is 79.0 cm³/mol. The number of anilines is 1. The van der Waals surface area contributed by atoms with Gasteiger partial charge in [-0.2, -0.15) is 0 Å². The molecule has 7 heteroatoms. The molecule has 3 amide bonds. The van der Waals surface area contributed by atoms with E-state index in [9.17, 15) is 14.0 Å². The molecule has 0 aliphatic heterocycles. The van der Waals surface area contributed by atoms with Gasteiger partial charge in [0.25, 0.3) is 0 Å². The maximum Gasteiger partial charge on any atom is 0.321 e. The van der Waals surface area contributed by atoms with Gasteiger partial charge >= 0.3 is 6.03 Å². The van der Waals surface area contributed by atoms with Gasteiger partial charge in [0.15, 0.2) is 0 Å². The van der Waals surface area contributed by atoms with E-state index < -0.39 is 11.8 Å². The Kier molecular flexibility index (Phi) is 5.94. The van der Waals surface area contributed by atoms with E-state index >= 15 is 0 Å². The third-order valence-electron chi connectivity index (χ3n) is 2.70. The molecule has 0 aliphatic rings. The summed E-state index contributed by atoms with van der Waals surface area (Å²) in [6.07, 6.45) is 0. The lowest BCUT2D eigenvalue weighted by atomic mass is 10.1. The maximum absolute atomic E-state index is 13.2. The molecule has 1 aromatic rings. The zero-order valence-electron chi connectivity index (χ0n) is 11.5. The Balaban J connectivity index is 2.63. The van der Waals surface area contributed by atoms with Gasteiger partial charge in [0.2, 0.25) is 5.91 Å². The van der Waals surface area contributed by atoms with Crippen LogP contribution in [0.25, 0.3) is 0 Å². The van der Waals surface area contributed by atoms with E-state index in [1.807, 2.05) is 0 Å². The van der Waals surface area contributed by atoms with Crippen LogP contribution < -0.4 is 10.6 Å². The summed E-state index contributed by atoms with van der Waals surface area (Å²) in [5.41, 5.74) is 0.348.